The minimum absolute atomic E-state index is 0.0422. The molecule has 2 nitrogen and oxygen atoms in total. The topological polar surface area (TPSA) is 29.1 Å². The lowest BCUT2D eigenvalue weighted by Gasteiger charge is -2.61. The second-order valence-electron chi connectivity index (χ2n) is 4.87. The third-order valence-corrected chi connectivity index (χ3v) is 4.00. The Morgan fingerprint density at radius 1 is 1.38 bits per heavy atom. The molecule has 2 bridgehead atoms. The molecule has 0 unspecified atom stereocenters. The second kappa shape index (κ2) is 3.29. The highest BCUT2D eigenvalue weighted by atomic mass is 79.9. The smallest absolute Gasteiger partial charge is 0.251 e. The van der Waals surface area contributed by atoms with E-state index in [1.807, 2.05) is 0 Å². The van der Waals surface area contributed by atoms with Crippen LogP contribution in [0.1, 0.15) is 29.6 Å². The molecule has 4 heteroatoms. The van der Waals surface area contributed by atoms with E-state index in [1.54, 1.807) is 6.07 Å². The van der Waals surface area contributed by atoms with Gasteiger partial charge in [-0.3, -0.25) is 4.79 Å². The molecule has 0 atom stereocenters. The number of benzene rings is 1. The summed E-state index contributed by atoms with van der Waals surface area (Å²) in [6, 6.07) is 4.26. The minimum atomic E-state index is -0.392. The maximum absolute atomic E-state index is 13.1. The van der Waals surface area contributed by atoms with Gasteiger partial charge in [0.2, 0.25) is 0 Å². The largest absolute Gasteiger partial charge is 0.347 e. The van der Waals surface area contributed by atoms with Crippen LogP contribution in [0.5, 0.6) is 0 Å². The third-order valence-electron chi connectivity index (χ3n) is 3.54. The van der Waals surface area contributed by atoms with Crippen LogP contribution in [-0.4, -0.2) is 11.4 Å². The lowest BCUT2D eigenvalue weighted by Crippen LogP contribution is -2.68. The first kappa shape index (κ1) is 10.3. The number of rotatable bonds is 2. The number of carbonyl (C=O) groups is 1. The first-order chi connectivity index (χ1) is 7.56. The Hall–Kier alpha value is -0.900. The standard InChI is InChI=1S/C12H11BrFNO/c13-9-1-8(2-10(14)3-9)11(16)15-12-4-7(5-12)6-12/h1-3,7H,4-6H2,(H,15,16). The van der Waals surface area contributed by atoms with Crippen molar-refractivity contribution in [1.29, 1.82) is 0 Å². The molecule has 1 aromatic rings. The van der Waals surface area contributed by atoms with Gasteiger partial charge in [0.25, 0.3) is 5.91 Å². The summed E-state index contributed by atoms with van der Waals surface area (Å²) in [5, 5.41) is 3.00. The van der Waals surface area contributed by atoms with E-state index in [0.29, 0.717) is 10.0 Å². The van der Waals surface area contributed by atoms with Crippen LogP contribution in [0, 0.1) is 11.7 Å². The number of amides is 1. The fourth-order valence-electron chi connectivity index (χ4n) is 2.63. The molecule has 1 amide bonds. The predicted molar refractivity (Wildman–Crippen MR) is 61.6 cm³/mol. The van der Waals surface area contributed by atoms with Crippen LogP contribution in [0.25, 0.3) is 0 Å². The van der Waals surface area contributed by atoms with E-state index in [1.165, 1.54) is 12.1 Å². The van der Waals surface area contributed by atoms with Crippen molar-refractivity contribution >= 4 is 21.8 Å². The first-order valence-electron chi connectivity index (χ1n) is 5.35. The van der Waals surface area contributed by atoms with Crippen LogP contribution in [0.2, 0.25) is 0 Å². The number of hydrogen-bond acceptors (Lipinski definition) is 1. The van der Waals surface area contributed by atoms with Crippen molar-refractivity contribution in [1.82, 2.24) is 5.32 Å². The maximum atomic E-state index is 13.1. The summed E-state index contributed by atoms with van der Waals surface area (Å²) in [6.45, 7) is 0. The van der Waals surface area contributed by atoms with Crippen molar-refractivity contribution in [2.75, 3.05) is 0 Å². The van der Waals surface area contributed by atoms with E-state index in [-0.39, 0.29) is 11.4 Å². The molecule has 0 spiro atoms. The summed E-state index contributed by atoms with van der Waals surface area (Å²) < 4.78 is 13.7. The molecule has 3 aliphatic rings. The first-order valence-corrected chi connectivity index (χ1v) is 6.14. The van der Waals surface area contributed by atoms with Crippen LogP contribution in [0.15, 0.2) is 22.7 Å². The van der Waals surface area contributed by atoms with Gasteiger partial charge in [0.05, 0.1) is 0 Å². The summed E-state index contributed by atoms with van der Waals surface area (Å²) in [5.41, 5.74) is 0.428. The number of nitrogens with one attached hydrogen (secondary N) is 1. The third kappa shape index (κ3) is 1.56. The highest BCUT2D eigenvalue weighted by Crippen LogP contribution is 2.56. The Bertz CT molecular complexity index is 437. The van der Waals surface area contributed by atoms with Crippen molar-refractivity contribution in [3.8, 4) is 0 Å². The van der Waals surface area contributed by atoms with Gasteiger partial charge in [-0.25, -0.2) is 4.39 Å². The fraction of sp³-hybridized carbons (Fsp3) is 0.417. The molecule has 3 saturated carbocycles. The van der Waals surface area contributed by atoms with Gasteiger partial charge in [0, 0.05) is 15.6 Å². The van der Waals surface area contributed by atoms with Crippen molar-refractivity contribution in [3.63, 3.8) is 0 Å². The highest BCUT2D eigenvalue weighted by Gasteiger charge is 2.57. The number of halogens is 2. The summed E-state index contributed by atoms with van der Waals surface area (Å²) in [5.74, 6) is 0.259. The Labute approximate surface area is 101 Å². The Balaban J connectivity index is 1.77. The Kier molecular flexibility index (Phi) is 2.11. The van der Waals surface area contributed by atoms with Gasteiger partial charge in [-0.2, -0.15) is 0 Å². The SMILES string of the molecule is O=C(NC12CC(C1)C2)c1cc(F)cc(Br)c1. The van der Waals surface area contributed by atoms with E-state index in [0.717, 1.165) is 25.2 Å². The quantitative estimate of drug-likeness (QED) is 0.889. The van der Waals surface area contributed by atoms with Crippen LogP contribution in [0.3, 0.4) is 0 Å². The van der Waals surface area contributed by atoms with Crippen molar-refractivity contribution in [2.45, 2.75) is 24.8 Å². The van der Waals surface area contributed by atoms with Gasteiger partial charge in [0.1, 0.15) is 5.82 Å². The summed E-state index contributed by atoms with van der Waals surface area (Å²) in [4.78, 5) is 11.9. The molecule has 1 N–H and O–H groups in total. The molecule has 0 aromatic heterocycles. The van der Waals surface area contributed by atoms with Crippen LogP contribution in [-0.2, 0) is 0 Å². The molecule has 0 saturated heterocycles. The molecule has 3 aliphatic carbocycles. The van der Waals surface area contributed by atoms with Crippen molar-refractivity contribution in [2.24, 2.45) is 5.92 Å². The molecule has 4 rings (SSSR count). The molecular formula is C12H11BrFNO. The Morgan fingerprint density at radius 3 is 2.56 bits per heavy atom. The molecule has 16 heavy (non-hydrogen) atoms. The van der Waals surface area contributed by atoms with Gasteiger partial charge in [-0.1, -0.05) is 15.9 Å². The van der Waals surface area contributed by atoms with Crippen LogP contribution >= 0.6 is 15.9 Å². The number of carbonyl (C=O) groups excluding carboxylic acids is 1. The molecule has 0 radical (unpaired) electrons. The average molecular weight is 284 g/mol. The molecule has 0 aliphatic heterocycles. The fourth-order valence-corrected chi connectivity index (χ4v) is 3.09. The predicted octanol–water partition coefficient (Wildman–Crippen LogP) is 2.87. The van der Waals surface area contributed by atoms with Crippen molar-refractivity contribution < 1.29 is 9.18 Å². The van der Waals surface area contributed by atoms with E-state index >= 15 is 0 Å². The van der Waals surface area contributed by atoms with E-state index in [2.05, 4.69) is 21.2 Å². The summed E-state index contributed by atoms with van der Waals surface area (Å²) in [6.07, 6.45) is 3.28. The van der Waals surface area contributed by atoms with Crippen molar-refractivity contribution in [3.05, 3.63) is 34.1 Å². The van der Waals surface area contributed by atoms with Gasteiger partial charge >= 0.3 is 0 Å². The summed E-state index contributed by atoms with van der Waals surface area (Å²) >= 11 is 3.18. The lowest BCUT2D eigenvalue weighted by atomic mass is 9.50. The van der Waals surface area contributed by atoms with E-state index in [4.69, 9.17) is 0 Å². The zero-order chi connectivity index (χ0) is 11.3. The molecule has 84 valence electrons. The number of hydrogen-bond donors (Lipinski definition) is 1. The summed E-state index contributed by atoms with van der Waals surface area (Å²) in [7, 11) is 0. The Morgan fingerprint density at radius 2 is 2.06 bits per heavy atom. The van der Waals surface area contributed by atoms with E-state index < -0.39 is 5.82 Å². The van der Waals surface area contributed by atoms with Gasteiger partial charge in [0.15, 0.2) is 0 Å². The lowest BCUT2D eigenvalue weighted by molar-refractivity contribution is -0.0438. The zero-order valence-corrected chi connectivity index (χ0v) is 10.2. The van der Waals surface area contributed by atoms with E-state index in [9.17, 15) is 9.18 Å². The molecule has 3 fully saturated rings. The average Bonchev–Trinajstić information content (AvgIpc) is 2.07. The minimum Gasteiger partial charge on any atom is -0.347 e. The normalized spacial score (nSPS) is 30.2. The highest BCUT2D eigenvalue weighted by molar-refractivity contribution is 9.10. The van der Waals surface area contributed by atoms with Gasteiger partial charge in [-0.15, -0.1) is 0 Å². The van der Waals surface area contributed by atoms with Gasteiger partial charge in [-0.05, 0) is 43.4 Å². The maximum Gasteiger partial charge on any atom is 0.251 e. The van der Waals surface area contributed by atoms with Gasteiger partial charge < -0.3 is 5.32 Å². The van der Waals surface area contributed by atoms with Crippen LogP contribution in [0.4, 0.5) is 4.39 Å². The molecule has 1 aromatic carbocycles. The molecular weight excluding hydrogens is 273 g/mol. The monoisotopic (exact) mass is 283 g/mol. The molecule has 0 heterocycles. The zero-order valence-electron chi connectivity index (χ0n) is 8.59. The van der Waals surface area contributed by atoms with Crippen LogP contribution < -0.4 is 5.32 Å². The second-order valence-corrected chi connectivity index (χ2v) is 5.79.